The van der Waals surface area contributed by atoms with Gasteiger partial charge in [0.25, 0.3) is 0 Å². The summed E-state index contributed by atoms with van der Waals surface area (Å²) in [5.74, 6) is 2.00. The zero-order valence-electron chi connectivity index (χ0n) is 17.9. The molecular formula is C23H34N4O2. The van der Waals surface area contributed by atoms with E-state index in [9.17, 15) is 9.59 Å². The van der Waals surface area contributed by atoms with E-state index in [-0.39, 0.29) is 11.8 Å². The van der Waals surface area contributed by atoms with Gasteiger partial charge in [0.15, 0.2) is 0 Å². The van der Waals surface area contributed by atoms with Crippen molar-refractivity contribution >= 4 is 11.8 Å². The standard InChI is InChI=1S/C23H34N4O2/c1-15-20(13-21(28)26-19-9-10-19)16(2)25-23(24-15)18-8-5-11-27(14-18)22(29)12-17-6-3-4-7-17/h17-19H,3-14H2,1-2H3,(H,26,28)/t18-/m0/s1. The summed E-state index contributed by atoms with van der Waals surface area (Å²) >= 11 is 0. The molecule has 0 spiro atoms. The van der Waals surface area contributed by atoms with Crippen molar-refractivity contribution in [2.24, 2.45) is 5.92 Å². The first-order chi connectivity index (χ1) is 14.0. The van der Waals surface area contributed by atoms with E-state index in [2.05, 4.69) is 5.32 Å². The Labute approximate surface area is 173 Å². The fourth-order valence-electron chi connectivity index (χ4n) is 4.88. The predicted octanol–water partition coefficient (Wildman–Crippen LogP) is 3.20. The first kappa shape index (κ1) is 20.3. The fraction of sp³-hybridized carbons (Fsp3) is 0.739. The molecule has 3 aliphatic rings. The number of likely N-dealkylation sites (tertiary alicyclic amines) is 1. The maximum atomic E-state index is 12.8. The number of hydrogen-bond donors (Lipinski definition) is 1. The zero-order valence-corrected chi connectivity index (χ0v) is 17.9. The second-order valence-electron chi connectivity index (χ2n) is 9.28. The highest BCUT2D eigenvalue weighted by molar-refractivity contribution is 5.79. The van der Waals surface area contributed by atoms with Crippen molar-refractivity contribution in [2.45, 2.75) is 90.0 Å². The lowest BCUT2D eigenvalue weighted by Gasteiger charge is -2.33. The number of nitrogens with zero attached hydrogens (tertiary/aromatic N) is 3. The average Bonchev–Trinajstić information content (AvgIpc) is 3.36. The molecule has 0 aromatic carbocycles. The summed E-state index contributed by atoms with van der Waals surface area (Å²) in [6, 6.07) is 0.373. The molecule has 0 unspecified atom stereocenters. The van der Waals surface area contributed by atoms with Crippen LogP contribution in [0.3, 0.4) is 0 Å². The van der Waals surface area contributed by atoms with Crippen LogP contribution in [0.5, 0.6) is 0 Å². The molecule has 3 fully saturated rings. The second kappa shape index (κ2) is 8.80. The Morgan fingerprint density at radius 1 is 1.00 bits per heavy atom. The van der Waals surface area contributed by atoms with Crippen LogP contribution in [0, 0.1) is 19.8 Å². The Bertz CT molecular complexity index is 745. The first-order valence-corrected chi connectivity index (χ1v) is 11.4. The van der Waals surface area contributed by atoms with E-state index in [0.717, 1.165) is 61.5 Å². The summed E-state index contributed by atoms with van der Waals surface area (Å²) in [5.41, 5.74) is 2.73. The zero-order chi connectivity index (χ0) is 20.4. The highest BCUT2D eigenvalue weighted by Gasteiger charge is 2.29. The Kier molecular flexibility index (Phi) is 6.16. The van der Waals surface area contributed by atoms with Crippen LogP contribution in [0.4, 0.5) is 0 Å². The third-order valence-electron chi connectivity index (χ3n) is 6.80. The number of carbonyl (C=O) groups excluding carboxylic acids is 2. The lowest BCUT2D eigenvalue weighted by Crippen LogP contribution is -2.40. The van der Waals surface area contributed by atoms with Gasteiger partial charge in [-0.1, -0.05) is 12.8 Å². The van der Waals surface area contributed by atoms with Gasteiger partial charge in [0.2, 0.25) is 11.8 Å². The molecule has 1 aromatic rings. The molecule has 2 amide bonds. The molecule has 2 saturated carbocycles. The number of aryl methyl sites for hydroxylation is 2. The van der Waals surface area contributed by atoms with Gasteiger partial charge in [-0.2, -0.15) is 0 Å². The lowest BCUT2D eigenvalue weighted by atomic mass is 9.95. The number of rotatable bonds is 6. The van der Waals surface area contributed by atoms with Gasteiger partial charge in [0.05, 0.1) is 6.42 Å². The van der Waals surface area contributed by atoms with Crippen molar-refractivity contribution < 1.29 is 9.59 Å². The highest BCUT2D eigenvalue weighted by atomic mass is 16.2. The number of hydrogen-bond acceptors (Lipinski definition) is 4. The molecule has 2 heterocycles. The summed E-state index contributed by atoms with van der Waals surface area (Å²) in [7, 11) is 0. The molecular weight excluding hydrogens is 364 g/mol. The van der Waals surface area contributed by atoms with Crippen molar-refractivity contribution in [2.75, 3.05) is 13.1 Å². The Morgan fingerprint density at radius 3 is 2.34 bits per heavy atom. The third kappa shape index (κ3) is 5.14. The second-order valence-corrected chi connectivity index (χ2v) is 9.28. The normalized spacial score (nSPS) is 22.7. The summed E-state index contributed by atoms with van der Waals surface area (Å²) in [6.07, 6.45) is 10.2. The summed E-state index contributed by atoms with van der Waals surface area (Å²) in [6.45, 7) is 5.54. The number of piperidine rings is 1. The predicted molar refractivity (Wildman–Crippen MR) is 112 cm³/mol. The van der Waals surface area contributed by atoms with Gasteiger partial charge in [-0.25, -0.2) is 9.97 Å². The van der Waals surface area contributed by atoms with Crippen LogP contribution in [0.1, 0.15) is 86.5 Å². The Morgan fingerprint density at radius 2 is 1.69 bits per heavy atom. The van der Waals surface area contributed by atoms with Crippen LogP contribution >= 0.6 is 0 Å². The third-order valence-corrected chi connectivity index (χ3v) is 6.80. The van der Waals surface area contributed by atoms with Crippen LogP contribution in [0.15, 0.2) is 0 Å². The summed E-state index contributed by atoms with van der Waals surface area (Å²) in [4.78, 5) is 36.6. The first-order valence-electron chi connectivity index (χ1n) is 11.4. The Balaban J connectivity index is 1.40. The largest absolute Gasteiger partial charge is 0.353 e. The summed E-state index contributed by atoms with van der Waals surface area (Å²) in [5, 5.41) is 3.04. The minimum absolute atomic E-state index is 0.0661. The van der Waals surface area contributed by atoms with E-state index in [0.29, 0.717) is 30.7 Å². The van der Waals surface area contributed by atoms with Crippen molar-refractivity contribution in [3.63, 3.8) is 0 Å². The number of carbonyl (C=O) groups is 2. The van der Waals surface area contributed by atoms with Crippen LogP contribution < -0.4 is 5.32 Å². The molecule has 6 heteroatoms. The van der Waals surface area contributed by atoms with Crippen LogP contribution in [-0.2, 0) is 16.0 Å². The molecule has 29 heavy (non-hydrogen) atoms. The van der Waals surface area contributed by atoms with Gasteiger partial charge in [0.1, 0.15) is 5.82 Å². The highest BCUT2D eigenvalue weighted by Crippen LogP contribution is 2.30. The van der Waals surface area contributed by atoms with Crippen molar-refractivity contribution in [1.82, 2.24) is 20.2 Å². The van der Waals surface area contributed by atoms with Gasteiger partial charge >= 0.3 is 0 Å². The molecule has 4 rings (SSSR count). The quantitative estimate of drug-likeness (QED) is 0.798. The average molecular weight is 399 g/mol. The maximum absolute atomic E-state index is 12.8. The van der Waals surface area contributed by atoms with Gasteiger partial charge in [-0.3, -0.25) is 9.59 Å². The van der Waals surface area contributed by atoms with E-state index in [1.807, 2.05) is 18.7 Å². The number of nitrogens with one attached hydrogen (secondary N) is 1. The maximum Gasteiger partial charge on any atom is 0.224 e. The Hall–Kier alpha value is -1.98. The van der Waals surface area contributed by atoms with Crippen LogP contribution in [0.2, 0.25) is 0 Å². The van der Waals surface area contributed by atoms with E-state index in [1.165, 1.54) is 25.7 Å². The molecule has 158 valence electrons. The molecule has 2 aliphatic carbocycles. The molecule has 6 nitrogen and oxygen atoms in total. The van der Waals surface area contributed by atoms with Crippen molar-refractivity contribution in [3.8, 4) is 0 Å². The fourth-order valence-corrected chi connectivity index (χ4v) is 4.88. The number of amides is 2. The molecule has 1 saturated heterocycles. The van der Waals surface area contributed by atoms with Gasteiger partial charge in [-0.05, 0) is 58.3 Å². The van der Waals surface area contributed by atoms with E-state index in [4.69, 9.17) is 9.97 Å². The van der Waals surface area contributed by atoms with Crippen LogP contribution in [-0.4, -0.2) is 45.8 Å². The van der Waals surface area contributed by atoms with Crippen molar-refractivity contribution in [1.29, 1.82) is 0 Å². The molecule has 1 aliphatic heterocycles. The number of aromatic nitrogens is 2. The van der Waals surface area contributed by atoms with Gasteiger partial charge in [-0.15, -0.1) is 0 Å². The van der Waals surface area contributed by atoms with E-state index in [1.54, 1.807) is 0 Å². The van der Waals surface area contributed by atoms with Gasteiger partial charge < -0.3 is 10.2 Å². The monoisotopic (exact) mass is 398 g/mol. The molecule has 1 atom stereocenters. The van der Waals surface area contributed by atoms with Gasteiger partial charge in [0, 0.05) is 48.4 Å². The molecule has 1 aromatic heterocycles. The minimum Gasteiger partial charge on any atom is -0.353 e. The summed E-state index contributed by atoms with van der Waals surface area (Å²) < 4.78 is 0. The molecule has 1 N–H and O–H groups in total. The van der Waals surface area contributed by atoms with Crippen LogP contribution in [0.25, 0.3) is 0 Å². The molecule has 0 bridgehead atoms. The lowest BCUT2D eigenvalue weighted by molar-refractivity contribution is -0.133. The topological polar surface area (TPSA) is 75.2 Å². The van der Waals surface area contributed by atoms with E-state index >= 15 is 0 Å². The minimum atomic E-state index is 0.0661. The smallest absolute Gasteiger partial charge is 0.224 e. The SMILES string of the molecule is Cc1nc([C@H]2CCCN(C(=O)CC3CCCC3)C2)nc(C)c1CC(=O)NC1CC1. The molecule has 0 radical (unpaired) electrons. The van der Waals surface area contributed by atoms with E-state index < -0.39 is 0 Å². The van der Waals surface area contributed by atoms with Crippen molar-refractivity contribution in [3.05, 3.63) is 22.8 Å².